The topological polar surface area (TPSA) is 85.7 Å². The molecule has 0 aliphatic heterocycles. The molecule has 0 saturated carbocycles. The standard InChI is InChI=1S/C18H11Cl2N2O4S/c19-12-5-7-15(13(20)10-12)26-16-6-4-11(9-14(16)22(24)25)18(23)27-17-3-1-2-8-21-17/h1-10,24H/q-1. The highest BCUT2D eigenvalue weighted by molar-refractivity contribution is 8.14. The molecule has 0 amide bonds. The van der Waals surface area contributed by atoms with Crippen molar-refractivity contribution in [1.82, 2.24) is 4.98 Å². The smallest absolute Gasteiger partial charge is 0.225 e. The normalized spacial score (nSPS) is 10.5. The summed E-state index contributed by atoms with van der Waals surface area (Å²) >= 11 is 12.8. The van der Waals surface area contributed by atoms with Crippen LogP contribution >= 0.6 is 35.0 Å². The van der Waals surface area contributed by atoms with Crippen molar-refractivity contribution in [2.75, 3.05) is 5.23 Å². The van der Waals surface area contributed by atoms with Crippen molar-refractivity contribution < 1.29 is 14.7 Å². The quantitative estimate of drug-likeness (QED) is 0.410. The van der Waals surface area contributed by atoms with Crippen LogP contribution in [-0.4, -0.2) is 15.3 Å². The Morgan fingerprint density at radius 2 is 1.89 bits per heavy atom. The van der Waals surface area contributed by atoms with Crippen LogP contribution in [0.3, 0.4) is 0 Å². The molecule has 9 heteroatoms. The third-order valence-corrected chi connectivity index (χ3v) is 4.75. The number of halogens is 2. The molecule has 27 heavy (non-hydrogen) atoms. The summed E-state index contributed by atoms with van der Waals surface area (Å²) < 4.78 is 5.59. The van der Waals surface area contributed by atoms with E-state index >= 15 is 0 Å². The Labute approximate surface area is 168 Å². The lowest BCUT2D eigenvalue weighted by molar-refractivity contribution is 0.108. The van der Waals surface area contributed by atoms with Crippen LogP contribution in [0.15, 0.2) is 65.8 Å². The average molecular weight is 422 g/mol. The number of carbonyl (C=O) groups excluding carboxylic acids is 1. The molecule has 1 N–H and O–H groups in total. The van der Waals surface area contributed by atoms with Crippen molar-refractivity contribution in [3.63, 3.8) is 0 Å². The van der Waals surface area contributed by atoms with Gasteiger partial charge in [-0.1, -0.05) is 29.3 Å². The molecule has 1 aromatic heterocycles. The molecule has 3 aromatic rings. The molecule has 138 valence electrons. The fraction of sp³-hybridized carbons (Fsp3) is 0. The number of carbonyl (C=O) groups is 1. The van der Waals surface area contributed by atoms with E-state index in [9.17, 15) is 15.2 Å². The third kappa shape index (κ3) is 4.91. The number of rotatable bonds is 5. The van der Waals surface area contributed by atoms with Gasteiger partial charge in [-0.15, -0.1) is 0 Å². The Hall–Kier alpha value is -2.29. The van der Waals surface area contributed by atoms with Crippen molar-refractivity contribution in [2.45, 2.75) is 5.03 Å². The zero-order chi connectivity index (χ0) is 19.4. The third-order valence-electron chi connectivity index (χ3n) is 3.35. The Kier molecular flexibility index (Phi) is 6.20. The minimum Gasteiger partial charge on any atom is -0.733 e. The van der Waals surface area contributed by atoms with Crippen molar-refractivity contribution in [2.24, 2.45) is 0 Å². The van der Waals surface area contributed by atoms with Crippen LogP contribution in [0.25, 0.3) is 0 Å². The molecule has 0 fully saturated rings. The number of hydrogen-bond acceptors (Lipinski definition) is 7. The molecule has 0 atom stereocenters. The molecule has 6 nitrogen and oxygen atoms in total. The van der Waals surface area contributed by atoms with Gasteiger partial charge < -0.3 is 15.2 Å². The number of hydrogen-bond donors (Lipinski definition) is 1. The molecule has 0 aliphatic rings. The minimum absolute atomic E-state index is 0.0242. The zero-order valence-electron chi connectivity index (χ0n) is 13.5. The van der Waals surface area contributed by atoms with E-state index in [4.69, 9.17) is 27.9 Å². The summed E-state index contributed by atoms with van der Waals surface area (Å²) in [5.74, 6) is 0.266. The van der Waals surface area contributed by atoms with Gasteiger partial charge in [0.15, 0.2) is 5.75 Å². The van der Waals surface area contributed by atoms with Crippen LogP contribution in [0.1, 0.15) is 10.4 Å². The predicted molar refractivity (Wildman–Crippen MR) is 105 cm³/mol. The SMILES string of the molecule is O=C(Sc1ccccn1)c1ccc(Oc2ccc(Cl)cc2Cl)c(N([O-])O)c1. The van der Waals surface area contributed by atoms with Crippen LogP contribution in [0.2, 0.25) is 10.0 Å². The molecule has 3 rings (SSSR count). The number of anilines is 1. The Morgan fingerprint density at radius 3 is 2.56 bits per heavy atom. The summed E-state index contributed by atoms with van der Waals surface area (Å²) in [6.45, 7) is 0. The summed E-state index contributed by atoms with van der Waals surface area (Å²) in [5, 5.41) is 21.4. The second-order valence-electron chi connectivity index (χ2n) is 5.19. The van der Waals surface area contributed by atoms with Gasteiger partial charge >= 0.3 is 0 Å². The van der Waals surface area contributed by atoms with Crippen molar-refractivity contribution >= 4 is 45.8 Å². The zero-order valence-corrected chi connectivity index (χ0v) is 15.8. The van der Waals surface area contributed by atoms with E-state index in [1.165, 1.54) is 30.3 Å². The fourth-order valence-electron chi connectivity index (χ4n) is 2.12. The molecule has 1 heterocycles. The first-order valence-electron chi connectivity index (χ1n) is 7.50. The number of aromatic nitrogens is 1. The maximum Gasteiger partial charge on any atom is 0.225 e. The van der Waals surface area contributed by atoms with Gasteiger partial charge in [0.1, 0.15) is 10.8 Å². The Balaban J connectivity index is 1.87. The summed E-state index contributed by atoms with van der Waals surface area (Å²) in [7, 11) is 0. The summed E-state index contributed by atoms with van der Waals surface area (Å²) in [6, 6.07) is 13.9. The molecular weight excluding hydrogens is 411 g/mol. The maximum absolute atomic E-state index is 12.4. The number of thioether (sulfide) groups is 1. The Morgan fingerprint density at radius 1 is 1.11 bits per heavy atom. The number of benzene rings is 2. The number of nitrogens with zero attached hydrogens (tertiary/aromatic N) is 2. The van der Waals surface area contributed by atoms with E-state index in [-0.39, 0.29) is 38.1 Å². The van der Waals surface area contributed by atoms with E-state index in [0.717, 1.165) is 11.8 Å². The predicted octanol–water partition coefficient (Wildman–Crippen LogP) is 5.81. The van der Waals surface area contributed by atoms with Crippen LogP contribution < -0.4 is 9.96 Å². The van der Waals surface area contributed by atoms with E-state index in [0.29, 0.717) is 10.0 Å². The van der Waals surface area contributed by atoms with Crippen molar-refractivity contribution in [3.05, 3.63) is 81.6 Å². The molecule has 2 aromatic carbocycles. The monoisotopic (exact) mass is 421 g/mol. The number of pyridine rings is 1. The molecule has 0 bridgehead atoms. The Bertz CT molecular complexity index is 971. The van der Waals surface area contributed by atoms with Gasteiger partial charge in [-0.05, 0) is 60.3 Å². The second kappa shape index (κ2) is 8.60. The van der Waals surface area contributed by atoms with Crippen LogP contribution in [0.4, 0.5) is 5.69 Å². The highest BCUT2D eigenvalue weighted by Crippen LogP contribution is 2.37. The van der Waals surface area contributed by atoms with Crippen LogP contribution in [-0.2, 0) is 0 Å². The highest BCUT2D eigenvalue weighted by Gasteiger charge is 2.15. The average Bonchev–Trinajstić information content (AvgIpc) is 2.65. The van der Waals surface area contributed by atoms with E-state index in [2.05, 4.69) is 4.98 Å². The molecule has 0 aliphatic carbocycles. The first-order valence-corrected chi connectivity index (χ1v) is 9.07. The molecule has 0 radical (unpaired) electrons. The highest BCUT2D eigenvalue weighted by atomic mass is 35.5. The lowest BCUT2D eigenvalue weighted by Crippen LogP contribution is -2.09. The van der Waals surface area contributed by atoms with Gasteiger partial charge in [0.05, 0.1) is 10.7 Å². The van der Waals surface area contributed by atoms with Crippen molar-refractivity contribution in [1.29, 1.82) is 0 Å². The van der Waals surface area contributed by atoms with Gasteiger partial charge in [-0.3, -0.25) is 10.0 Å². The molecular formula is C18H11Cl2N2O4S-. The fourth-order valence-corrected chi connectivity index (χ4v) is 3.26. The molecule has 0 unspecified atom stereocenters. The minimum atomic E-state index is -0.374. The second-order valence-corrected chi connectivity index (χ2v) is 7.03. The number of ether oxygens (including phenoxy) is 1. The van der Waals surface area contributed by atoms with Gasteiger partial charge in [-0.2, -0.15) is 0 Å². The largest absolute Gasteiger partial charge is 0.733 e. The van der Waals surface area contributed by atoms with Crippen molar-refractivity contribution in [3.8, 4) is 11.5 Å². The summed E-state index contributed by atoms with van der Waals surface area (Å²) in [6.07, 6.45) is 1.57. The first kappa shape index (κ1) is 19.5. The van der Waals surface area contributed by atoms with Gasteiger partial charge in [-0.25, -0.2) is 4.98 Å². The van der Waals surface area contributed by atoms with Gasteiger partial charge in [0.2, 0.25) is 5.12 Å². The lowest BCUT2D eigenvalue weighted by Gasteiger charge is -2.25. The summed E-state index contributed by atoms with van der Waals surface area (Å²) in [5.41, 5.74) is -0.0430. The first-order chi connectivity index (χ1) is 12.9. The van der Waals surface area contributed by atoms with Crippen LogP contribution in [0.5, 0.6) is 11.5 Å². The lowest BCUT2D eigenvalue weighted by atomic mass is 10.2. The van der Waals surface area contributed by atoms with Crippen LogP contribution in [0, 0.1) is 5.21 Å². The van der Waals surface area contributed by atoms with E-state index < -0.39 is 0 Å². The van der Waals surface area contributed by atoms with E-state index in [1.54, 1.807) is 30.5 Å². The molecule has 0 spiro atoms. The van der Waals surface area contributed by atoms with Gasteiger partial charge in [0.25, 0.3) is 0 Å². The maximum atomic E-state index is 12.4. The van der Waals surface area contributed by atoms with Gasteiger partial charge in [0, 0.05) is 16.8 Å². The summed E-state index contributed by atoms with van der Waals surface area (Å²) in [4.78, 5) is 16.5. The molecule has 0 saturated heterocycles. The van der Waals surface area contributed by atoms with E-state index in [1.807, 2.05) is 0 Å².